The molecule has 2 bridgehead atoms. The van der Waals surface area contributed by atoms with Crippen molar-refractivity contribution in [2.75, 3.05) is 26.2 Å². The van der Waals surface area contributed by atoms with Crippen molar-refractivity contribution in [3.63, 3.8) is 0 Å². The van der Waals surface area contributed by atoms with Crippen molar-refractivity contribution in [1.29, 1.82) is 0 Å². The zero-order valence-corrected chi connectivity index (χ0v) is 17.2. The van der Waals surface area contributed by atoms with Gasteiger partial charge in [-0.15, -0.1) is 24.8 Å². The molecule has 3 aliphatic heterocycles. The molecule has 0 aromatic heterocycles. The van der Waals surface area contributed by atoms with Crippen LogP contribution in [0, 0.1) is 11.7 Å². The Labute approximate surface area is 173 Å². The third kappa shape index (κ3) is 5.57. The maximum absolute atomic E-state index is 13.4. The molecular weight excluding hydrogens is 388 g/mol. The van der Waals surface area contributed by atoms with Crippen molar-refractivity contribution < 1.29 is 9.18 Å². The highest BCUT2D eigenvalue weighted by molar-refractivity contribution is 5.85. The van der Waals surface area contributed by atoms with E-state index < -0.39 is 0 Å². The number of amides is 1. The fraction of sp³-hybridized carbons (Fsp3) is 0.650. The summed E-state index contributed by atoms with van der Waals surface area (Å²) in [5.41, 5.74) is 0.990. The molecule has 1 N–H and O–H groups in total. The summed E-state index contributed by atoms with van der Waals surface area (Å²) in [6.07, 6.45) is 5.57. The summed E-state index contributed by atoms with van der Waals surface area (Å²) in [5.74, 6) is 0.242. The van der Waals surface area contributed by atoms with Crippen LogP contribution in [0.1, 0.15) is 37.7 Å². The van der Waals surface area contributed by atoms with Gasteiger partial charge < -0.3 is 10.2 Å². The van der Waals surface area contributed by atoms with Gasteiger partial charge in [0.15, 0.2) is 0 Å². The maximum atomic E-state index is 13.4. The van der Waals surface area contributed by atoms with E-state index in [2.05, 4.69) is 15.1 Å². The van der Waals surface area contributed by atoms with Gasteiger partial charge in [-0.1, -0.05) is 12.1 Å². The van der Waals surface area contributed by atoms with Crippen LogP contribution in [0.4, 0.5) is 4.39 Å². The summed E-state index contributed by atoms with van der Waals surface area (Å²) in [4.78, 5) is 17.5. The minimum Gasteiger partial charge on any atom is -0.341 e. The van der Waals surface area contributed by atoms with Gasteiger partial charge in [-0.25, -0.2) is 4.39 Å². The number of hydrogen-bond donors (Lipinski definition) is 1. The highest BCUT2D eigenvalue weighted by Gasteiger charge is 2.35. The van der Waals surface area contributed by atoms with Crippen LogP contribution in [-0.2, 0) is 11.3 Å². The Morgan fingerprint density at radius 2 is 1.89 bits per heavy atom. The molecule has 1 aromatic carbocycles. The highest BCUT2D eigenvalue weighted by atomic mass is 35.5. The molecule has 3 saturated heterocycles. The molecule has 0 aliphatic carbocycles. The van der Waals surface area contributed by atoms with Gasteiger partial charge >= 0.3 is 0 Å². The first kappa shape index (κ1) is 22.4. The average Bonchev–Trinajstić information content (AvgIpc) is 2.93. The Morgan fingerprint density at radius 1 is 1.07 bits per heavy atom. The summed E-state index contributed by atoms with van der Waals surface area (Å²) in [7, 11) is 0. The van der Waals surface area contributed by atoms with Crippen LogP contribution in [0.3, 0.4) is 0 Å². The Kier molecular flexibility index (Phi) is 8.35. The first-order chi connectivity index (χ1) is 12.2. The second kappa shape index (κ2) is 10.1. The van der Waals surface area contributed by atoms with E-state index in [9.17, 15) is 9.18 Å². The lowest BCUT2D eigenvalue weighted by Gasteiger charge is -2.35. The molecular formula is C20H30Cl2FN3O. The largest absolute Gasteiger partial charge is 0.341 e. The van der Waals surface area contributed by atoms with Gasteiger partial charge in [-0.2, -0.15) is 0 Å². The van der Waals surface area contributed by atoms with Crippen LogP contribution < -0.4 is 5.32 Å². The summed E-state index contributed by atoms with van der Waals surface area (Å²) in [5, 5.41) is 3.65. The molecule has 3 atom stereocenters. The van der Waals surface area contributed by atoms with Crippen LogP contribution in [-0.4, -0.2) is 54.0 Å². The molecule has 7 heteroatoms. The van der Waals surface area contributed by atoms with E-state index in [-0.39, 0.29) is 36.5 Å². The number of rotatable bonds is 3. The van der Waals surface area contributed by atoms with Gasteiger partial charge in [0, 0.05) is 38.3 Å². The van der Waals surface area contributed by atoms with Gasteiger partial charge in [0.25, 0.3) is 0 Å². The number of piperidine rings is 1. The number of carbonyl (C=O) groups is 1. The van der Waals surface area contributed by atoms with Crippen molar-refractivity contribution in [3.8, 4) is 0 Å². The van der Waals surface area contributed by atoms with Crippen LogP contribution in [0.5, 0.6) is 0 Å². The van der Waals surface area contributed by atoms with Gasteiger partial charge in [0.05, 0.1) is 5.92 Å². The van der Waals surface area contributed by atoms with E-state index in [0.29, 0.717) is 18.0 Å². The van der Waals surface area contributed by atoms with Crippen LogP contribution >= 0.6 is 24.8 Å². The summed E-state index contributed by atoms with van der Waals surface area (Å²) in [6, 6.07) is 7.90. The molecule has 3 heterocycles. The Bertz CT molecular complexity index is 633. The van der Waals surface area contributed by atoms with E-state index in [0.717, 1.165) is 57.5 Å². The van der Waals surface area contributed by atoms with Gasteiger partial charge in [0.1, 0.15) is 5.82 Å². The zero-order chi connectivity index (χ0) is 17.2. The van der Waals surface area contributed by atoms with E-state index in [1.807, 2.05) is 6.07 Å². The number of benzene rings is 1. The average molecular weight is 418 g/mol. The first-order valence-corrected chi connectivity index (χ1v) is 9.69. The van der Waals surface area contributed by atoms with Crippen molar-refractivity contribution in [2.24, 2.45) is 5.92 Å². The number of halogens is 3. The summed E-state index contributed by atoms with van der Waals surface area (Å²) < 4.78 is 13.4. The lowest BCUT2D eigenvalue weighted by Crippen LogP contribution is -2.47. The molecule has 1 amide bonds. The number of nitrogens with zero attached hydrogens (tertiary/aromatic N) is 2. The molecule has 0 spiro atoms. The first-order valence-electron chi connectivity index (χ1n) is 9.69. The highest BCUT2D eigenvalue weighted by Crippen LogP contribution is 2.25. The van der Waals surface area contributed by atoms with E-state index in [1.54, 1.807) is 12.1 Å². The lowest BCUT2D eigenvalue weighted by atomic mass is 9.95. The third-order valence-electron chi connectivity index (χ3n) is 5.98. The standard InChI is InChI=1S/C20H28FN3O.2ClH/c21-17-5-1-3-15(11-17)12-23-9-2-4-16(13-23)20(25)24-10-8-18-6-7-19(14-24)22-18;;/h1,3,5,11,16,18-19,22H,2,4,6-10,12-14H2;2*1H. The van der Waals surface area contributed by atoms with Crippen molar-refractivity contribution in [2.45, 2.75) is 50.7 Å². The molecule has 27 heavy (non-hydrogen) atoms. The molecule has 152 valence electrons. The molecule has 4 nitrogen and oxygen atoms in total. The maximum Gasteiger partial charge on any atom is 0.227 e. The summed E-state index contributed by atoms with van der Waals surface area (Å²) >= 11 is 0. The Balaban J connectivity index is 0.00000131. The fourth-order valence-electron chi connectivity index (χ4n) is 4.70. The number of nitrogens with one attached hydrogen (secondary N) is 1. The van der Waals surface area contributed by atoms with Gasteiger partial charge in [-0.3, -0.25) is 9.69 Å². The third-order valence-corrected chi connectivity index (χ3v) is 5.98. The minimum absolute atomic E-state index is 0. The van der Waals surface area contributed by atoms with Gasteiger partial charge in [0.2, 0.25) is 5.91 Å². The lowest BCUT2D eigenvalue weighted by molar-refractivity contribution is -0.137. The predicted molar refractivity (Wildman–Crippen MR) is 110 cm³/mol. The van der Waals surface area contributed by atoms with Crippen LogP contribution in [0.15, 0.2) is 24.3 Å². The smallest absolute Gasteiger partial charge is 0.227 e. The minimum atomic E-state index is -0.186. The number of hydrogen-bond acceptors (Lipinski definition) is 3. The Morgan fingerprint density at radius 3 is 2.70 bits per heavy atom. The molecule has 3 aliphatic rings. The topological polar surface area (TPSA) is 35.6 Å². The molecule has 4 rings (SSSR count). The SMILES string of the molecule is Cl.Cl.O=C(C1CCCN(Cc2cccc(F)c2)C1)N1CCC2CCC(C1)N2. The number of carbonyl (C=O) groups excluding carboxylic acids is 1. The predicted octanol–water partition coefficient (Wildman–Crippen LogP) is 3.23. The van der Waals surface area contributed by atoms with Gasteiger partial charge in [-0.05, 0) is 56.3 Å². The van der Waals surface area contributed by atoms with Crippen molar-refractivity contribution in [3.05, 3.63) is 35.6 Å². The van der Waals surface area contributed by atoms with Crippen molar-refractivity contribution >= 4 is 30.7 Å². The summed E-state index contributed by atoms with van der Waals surface area (Å²) in [6.45, 7) is 4.29. The molecule has 1 aromatic rings. The normalized spacial score (nSPS) is 28.0. The monoisotopic (exact) mass is 417 g/mol. The molecule has 0 radical (unpaired) electrons. The fourth-order valence-corrected chi connectivity index (χ4v) is 4.70. The van der Waals surface area contributed by atoms with Crippen molar-refractivity contribution in [1.82, 2.24) is 15.1 Å². The number of fused-ring (bicyclic) bond motifs is 2. The Hall–Kier alpha value is -0.880. The second-order valence-electron chi connectivity index (χ2n) is 7.91. The number of likely N-dealkylation sites (tertiary alicyclic amines) is 2. The molecule has 3 fully saturated rings. The quantitative estimate of drug-likeness (QED) is 0.819. The van der Waals surface area contributed by atoms with E-state index in [1.165, 1.54) is 18.9 Å². The van der Waals surface area contributed by atoms with E-state index in [4.69, 9.17) is 0 Å². The molecule has 0 saturated carbocycles. The second-order valence-corrected chi connectivity index (χ2v) is 7.91. The van der Waals surface area contributed by atoms with Crippen LogP contribution in [0.2, 0.25) is 0 Å². The zero-order valence-electron chi connectivity index (χ0n) is 15.6. The molecule has 3 unspecified atom stereocenters. The van der Waals surface area contributed by atoms with Crippen LogP contribution in [0.25, 0.3) is 0 Å². The van der Waals surface area contributed by atoms with E-state index >= 15 is 0 Å².